The molecule has 9 heteroatoms. The highest BCUT2D eigenvalue weighted by Gasteiger charge is 2.35. The van der Waals surface area contributed by atoms with E-state index in [9.17, 15) is 10.4 Å². The first-order chi connectivity index (χ1) is 17.8. The molecule has 0 saturated carbocycles. The maximum Gasteiger partial charge on any atom is 0.172 e. The number of hydrazine groups is 1. The molecule has 4 rings (SSSR count). The summed E-state index contributed by atoms with van der Waals surface area (Å²) in [5, 5.41) is 38.0. The van der Waals surface area contributed by atoms with E-state index in [0.29, 0.717) is 39.8 Å². The zero-order chi connectivity index (χ0) is 26.4. The third-order valence-corrected chi connectivity index (χ3v) is 6.62. The highest BCUT2D eigenvalue weighted by molar-refractivity contribution is 6.35. The summed E-state index contributed by atoms with van der Waals surface area (Å²) in [6, 6.07) is 16.8. The Labute approximate surface area is 226 Å². The van der Waals surface area contributed by atoms with E-state index in [1.54, 1.807) is 29.8 Å². The molecule has 1 fully saturated rings. The maximum absolute atomic E-state index is 11.5. The number of hydrogen-bond acceptors (Lipinski definition) is 6. The minimum atomic E-state index is -1.60. The Bertz CT molecular complexity index is 1410. The fraction of sp³-hybridized carbons (Fsp3) is 0.321. The Hall–Kier alpha value is -3.35. The Morgan fingerprint density at radius 3 is 2.43 bits per heavy atom. The van der Waals surface area contributed by atoms with Crippen LogP contribution in [0, 0.1) is 34.5 Å². The molecule has 1 aliphatic heterocycles. The fourth-order valence-electron chi connectivity index (χ4n) is 4.32. The number of benzene rings is 2. The van der Waals surface area contributed by atoms with Crippen LogP contribution < -0.4 is 5.43 Å². The van der Waals surface area contributed by atoms with Gasteiger partial charge in [0, 0.05) is 42.1 Å². The summed E-state index contributed by atoms with van der Waals surface area (Å²) in [5.74, 6) is 6.02. The minimum Gasteiger partial charge on any atom is -0.369 e. The van der Waals surface area contributed by atoms with Crippen molar-refractivity contribution in [2.75, 3.05) is 13.1 Å². The van der Waals surface area contributed by atoms with Gasteiger partial charge in [0.25, 0.3) is 0 Å². The summed E-state index contributed by atoms with van der Waals surface area (Å²) in [6.45, 7) is 3.19. The fourth-order valence-corrected chi connectivity index (χ4v) is 4.81. The molecule has 0 aliphatic carbocycles. The predicted molar refractivity (Wildman–Crippen MR) is 144 cm³/mol. The molecule has 3 aromatic rings. The summed E-state index contributed by atoms with van der Waals surface area (Å²) < 4.78 is 1.58. The predicted octanol–water partition coefficient (Wildman–Crippen LogP) is 5.53. The van der Waals surface area contributed by atoms with Crippen LogP contribution in [-0.4, -0.2) is 33.0 Å². The molecule has 1 aliphatic rings. The lowest BCUT2D eigenvalue weighted by Crippen LogP contribution is -2.52. The van der Waals surface area contributed by atoms with Crippen LogP contribution in [0.1, 0.15) is 55.8 Å². The molecule has 188 valence electrons. The molecule has 0 bridgehead atoms. The molecule has 7 nitrogen and oxygen atoms in total. The second kappa shape index (κ2) is 11.8. The van der Waals surface area contributed by atoms with Crippen molar-refractivity contribution in [1.82, 2.24) is 20.2 Å². The van der Waals surface area contributed by atoms with Gasteiger partial charge in [-0.1, -0.05) is 53.6 Å². The van der Waals surface area contributed by atoms with Gasteiger partial charge in [-0.3, -0.25) is 0 Å². The number of nitrogens with zero attached hydrogens (tertiary/aromatic N) is 5. The van der Waals surface area contributed by atoms with Crippen LogP contribution in [0.2, 0.25) is 10.0 Å². The third kappa shape index (κ3) is 6.14. The number of halogens is 2. The zero-order valence-electron chi connectivity index (χ0n) is 20.4. The van der Waals surface area contributed by atoms with Gasteiger partial charge in [0.1, 0.15) is 17.3 Å². The molecule has 1 atom stereocenters. The molecule has 1 unspecified atom stereocenters. The average molecular weight is 533 g/mol. The van der Waals surface area contributed by atoms with Crippen LogP contribution in [0.15, 0.2) is 42.5 Å². The molecule has 0 amide bonds. The van der Waals surface area contributed by atoms with Gasteiger partial charge in [-0.25, -0.2) is 15.1 Å². The molecular formula is C28H26Cl2N6O. The Kier molecular flexibility index (Phi) is 8.52. The minimum absolute atomic E-state index is 0.196. The van der Waals surface area contributed by atoms with Gasteiger partial charge in [-0.15, -0.1) is 0 Å². The van der Waals surface area contributed by atoms with E-state index in [0.717, 1.165) is 37.9 Å². The van der Waals surface area contributed by atoms with Crippen LogP contribution in [0.5, 0.6) is 0 Å². The topological polar surface area (TPSA) is 101 Å². The molecule has 0 radical (unpaired) electrons. The Morgan fingerprint density at radius 1 is 1.05 bits per heavy atom. The second-order valence-electron chi connectivity index (χ2n) is 8.96. The lowest BCUT2D eigenvalue weighted by Gasteiger charge is -2.34. The normalized spacial score (nSPS) is 15.2. The van der Waals surface area contributed by atoms with E-state index in [-0.39, 0.29) is 11.3 Å². The van der Waals surface area contributed by atoms with Gasteiger partial charge in [0.2, 0.25) is 0 Å². The van der Waals surface area contributed by atoms with Gasteiger partial charge in [-0.2, -0.15) is 15.6 Å². The number of unbranched alkanes of at least 4 members (excludes halogenated alkanes) is 1. The molecular weight excluding hydrogens is 507 g/mol. The molecule has 1 saturated heterocycles. The molecule has 37 heavy (non-hydrogen) atoms. The van der Waals surface area contributed by atoms with Crippen molar-refractivity contribution in [3.63, 3.8) is 0 Å². The Balaban J connectivity index is 1.82. The average Bonchev–Trinajstić information content (AvgIpc) is 3.28. The van der Waals surface area contributed by atoms with Gasteiger partial charge in [0.05, 0.1) is 22.5 Å². The molecule has 2 N–H and O–H groups in total. The second-order valence-corrected chi connectivity index (χ2v) is 9.80. The largest absolute Gasteiger partial charge is 0.369 e. The van der Waals surface area contributed by atoms with Crippen LogP contribution in [0.25, 0.3) is 16.9 Å². The van der Waals surface area contributed by atoms with Crippen molar-refractivity contribution in [1.29, 1.82) is 10.5 Å². The summed E-state index contributed by atoms with van der Waals surface area (Å²) in [7, 11) is 0. The number of nitriles is 2. The summed E-state index contributed by atoms with van der Waals surface area (Å²) in [5.41, 5.74) is 4.50. The van der Waals surface area contributed by atoms with E-state index in [1.807, 2.05) is 29.3 Å². The standard InChI is InChI=1S/C28H26Cl2N6O/c1-28(37,34-35-16-6-3-7-17-35)27-23(19-32)26(36(33-27)25-14-13-22(29)18-24(25)30)21-11-9-20(10-12-21)8-4-2-5-15-31/h9-14,18,34,37H,2-3,5-7,16-17H2,1H3. The number of aromatic nitrogens is 2. The quantitative estimate of drug-likeness (QED) is 0.246. The van der Waals surface area contributed by atoms with Crippen LogP contribution in [0.4, 0.5) is 0 Å². The summed E-state index contributed by atoms with van der Waals surface area (Å²) in [4.78, 5) is 0. The van der Waals surface area contributed by atoms with Crippen molar-refractivity contribution < 1.29 is 5.11 Å². The summed E-state index contributed by atoms with van der Waals surface area (Å²) in [6.07, 6.45) is 4.09. The highest BCUT2D eigenvalue weighted by Crippen LogP contribution is 2.35. The molecule has 1 aromatic heterocycles. The van der Waals surface area contributed by atoms with Crippen LogP contribution >= 0.6 is 23.2 Å². The first-order valence-corrected chi connectivity index (χ1v) is 12.8. The Morgan fingerprint density at radius 2 is 1.78 bits per heavy atom. The molecule has 2 aromatic carbocycles. The van der Waals surface area contributed by atoms with Gasteiger partial charge in [0.15, 0.2) is 5.72 Å². The van der Waals surface area contributed by atoms with Crippen molar-refractivity contribution in [3.05, 3.63) is 69.3 Å². The van der Waals surface area contributed by atoms with Crippen molar-refractivity contribution in [2.24, 2.45) is 0 Å². The zero-order valence-corrected chi connectivity index (χ0v) is 21.9. The smallest absolute Gasteiger partial charge is 0.172 e. The monoisotopic (exact) mass is 532 g/mol. The number of piperidine rings is 1. The molecule has 2 heterocycles. The van der Waals surface area contributed by atoms with Gasteiger partial charge in [-0.05, 0) is 50.1 Å². The lowest BCUT2D eigenvalue weighted by atomic mass is 10.0. The maximum atomic E-state index is 11.5. The van der Waals surface area contributed by atoms with Crippen molar-refractivity contribution in [3.8, 4) is 40.9 Å². The van der Waals surface area contributed by atoms with Gasteiger partial charge >= 0.3 is 0 Å². The van der Waals surface area contributed by atoms with Crippen LogP contribution in [0.3, 0.4) is 0 Å². The summed E-state index contributed by atoms with van der Waals surface area (Å²) >= 11 is 12.7. The molecule has 0 spiro atoms. The van der Waals surface area contributed by atoms with Crippen LogP contribution in [-0.2, 0) is 5.72 Å². The van der Waals surface area contributed by atoms with E-state index < -0.39 is 5.72 Å². The van der Waals surface area contributed by atoms with E-state index in [2.05, 4.69) is 29.4 Å². The van der Waals surface area contributed by atoms with E-state index >= 15 is 0 Å². The van der Waals surface area contributed by atoms with Gasteiger partial charge < -0.3 is 5.11 Å². The number of aliphatic hydroxyl groups is 1. The van der Waals surface area contributed by atoms with E-state index in [4.69, 9.17) is 33.6 Å². The van der Waals surface area contributed by atoms with E-state index in [1.165, 1.54) is 0 Å². The third-order valence-electron chi connectivity index (χ3n) is 6.08. The number of nitrogens with one attached hydrogen (secondary N) is 1. The first kappa shape index (κ1) is 26.7. The van der Waals surface area contributed by atoms with Crippen molar-refractivity contribution >= 4 is 23.2 Å². The first-order valence-electron chi connectivity index (χ1n) is 12.0. The highest BCUT2D eigenvalue weighted by atomic mass is 35.5. The number of hydrogen-bond donors (Lipinski definition) is 2. The van der Waals surface area contributed by atoms with Crippen molar-refractivity contribution in [2.45, 2.75) is 44.8 Å². The number of rotatable bonds is 6. The SMILES string of the molecule is CC(O)(NN1CCCCC1)c1nn(-c2ccc(Cl)cc2Cl)c(-c2ccc(C#CCCC#N)cc2)c1C#N. The lowest BCUT2D eigenvalue weighted by molar-refractivity contribution is -0.0637.